The summed E-state index contributed by atoms with van der Waals surface area (Å²) in [5.74, 6) is -0.236. The van der Waals surface area contributed by atoms with E-state index in [0.717, 1.165) is 6.42 Å². The van der Waals surface area contributed by atoms with E-state index in [1.54, 1.807) is 18.2 Å². The molecular formula is C20H24O6. The summed E-state index contributed by atoms with van der Waals surface area (Å²) in [5.41, 5.74) is -0.461. The minimum Gasteiger partial charge on any atom is -0.490 e. The summed E-state index contributed by atoms with van der Waals surface area (Å²) in [6.45, 7) is 7.36. The summed E-state index contributed by atoms with van der Waals surface area (Å²) < 4.78 is 22.0. The maximum Gasteiger partial charge on any atom is 0.383 e. The zero-order valence-electron chi connectivity index (χ0n) is 15.5. The van der Waals surface area contributed by atoms with Gasteiger partial charge in [-0.25, -0.2) is 4.79 Å². The molecule has 0 aliphatic rings. The van der Waals surface area contributed by atoms with E-state index in [1.165, 1.54) is 6.92 Å². The number of hydrogen-bond donors (Lipinski definition) is 0. The van der Waals surface area contributed by atoms with Gasteiger partial charge < -0.3 is 18.6 Å². The molecule has 0 fully saturated rings. The van der Waals surface area contributed by atoms with Crippen LogP contribution in [0.2, 0.25) is 0 Å². The number of benzene rings is 1. The molecule has 0 saturated heterocycles. The van der Waals surface area contributed by atoms with E-state index in [4.69, 9.17) is 18.6 Å². The second-order valence-electron chi connectivity index (χ2n) is 5.95. The van der Waals surface area contributed by atoms with Gasteiger partial charge in [0.2, 0.25) is 0 Å². The molecule has 0 atom stereocenters. The van der Waals surface area contributed by atoms with E-state index in [-0.39, 0.29) is 17.6 Å². The molecule has 2 rings (SSSR count). The van der Waals surface area contributed by atoms with E-state index in [0.29, 0.717) is 29.7 Å². The highest BCUT2D eigenvalue weighted by Gasteiger charge is 2.22. The van der Waals surface area contributed by atoms with Gasteiger partial charge >= 0.3 is 11.6 Å². The second-order valence-corrected chi connectivity index (χ2v) is 5.95. The highest BCUT2D eigenvalue weighted by atomic mass is 16.6. The van der Waals surface area contributed by atoms with Crippen molar-refractivity contribution in [3.8, 4) is 17.2 Å². The van der Waals surface area contributed by atoms with Crippen molar-refractivity contribution in [3.05, 3.63) is 40.8 Å². The molecule has 0 aliphatic heterocycles. The van der Waals surface area contributed by atoms with E-state index in [2.05, 4.69) is 0 Å². The molecule has 0 amide bonds. The molecule has 1 heterocycles. The first-order valence-corrected chi connectivity index (χ1v) is 8.66. The summed E-state index contributed by atoms with van der Waals surface area (Å²) in [6.07, 6.45) is 5.52. The summed E-state index contributed by atoms with van der Waals surface area (Å²) in [7, 11) is 0. The van der Waals surface area contributed by atoms with Gasteiger partial charge in [-0.3, -0.25) is 4.79 Å². The van der Waals surface area contributed by atoms with Gasteiger partial charge in [-0.15, -0.1) is 0 Å². The van der Waals surface area contributed by atoms with Crippen LogP contribution in [0.3, 0.4) is 0 Å². The molecule has 0 unspecified atom stereocenters. The number of allylic oxidation sites excluding steroid dienone is 1. The highest BCUT2D eigenvalue weighted by Crippen LogP contribution is 2.39. The monoisotopic (exact) mass is 360 g/mol. The third-order valence-corrected chi connectivity index (χ3v) is 3.35. The van der Waals surface area contributed by atoms with Crippen molar-refractivity contribution < 1.29 is 23.4 Å². The van der Waals surface area contributed by atoms with Crippen LogP contribution in [0.5, 0.6) is 17.2 Å². The summed E-state index contributed by atoms with van der Waals surface area (Å²) >= 11 is 0. The number of rotatable bonds is 8. The van der Waals surface area contributed by atoms with Gasteiger partial charge in [0.05, 0.1) is 12.7 Å². The van der Waals surface area contributed by atoms with Crippen molar-refractivity contribution in [1.29, 1.82) is 0 Å². The van der Waals surface area contributed by atoms with Gasteiger partial charge in [-0.2, -0.15) is 0 Å². The second kappa shape index (κ2) is 9.08. The third kappa shape index (κ3) is 4.88. The van der Waals surface area contributed by atoms with Crippen molar-refractivity contribution >= 4 is 16.9 Å². The molecule has 2 aromatic rings. The number of ether oxygens (including phenoxy) is 3. The molecule has 140 valence electrons. The van der Waals surface area contributed by atoms with Gasteiger partial charge in [0, 0.05) is 6.92 Å². The molecule has 26 heavy (non-hydrogen) atoms. The fourth-order valence-corrected chi connectivity index (χ4v) is 2.41. The van der Waals surface area contributed by atoms with E-state index < -0.39 is 11.6 Å². The van der Waals surface area contributed by atoms with Crippen molar-refractivity contribution in [1.82, 2.24) is 0 Å². The Morgan fingerprint density at radius 1 is 1.23 bits per heavy atom. The van der Waals surface area contributed by atoms with Crippen molar-refractivity contribution in [2.45, 2.75) is 46.6 Å². The number of fused-ring (bicyclic) bond motifs is 1. The zero-order chi connectivity index (χ0) is 19.1. The average Bonchev–Trinajstić information content (AvgIpc) is 2.56. The zero-order valence-corrected chi connectivity index (χ0v) is 15.5. The lowest BCUT2D eigenvalue weighted by Crippen LogP contribution is -2.14. The lowest BCUT2D eigenvalue weighted by molar-refractivity contribution is -0.132. The molecule has 0 N–H and O–H groups in total. The number of hydrogen-bond acceptors (Lipinski definition) is 6. The minimum atomic E-state index is -0.770. The molecule has 6 heteroatoms. The van der Waals surface area contributed by atoms with Crippen LogP contribution in [0.4, 0.5) is 0 Å². The first-order valence-electron chi connectivity index (χ1n) is 8.66. The average molecular weight is 360 g/mol. The number of esters is 1. The predicted octanol–water partition coefficient (Wildman–Crippen LogP) is 4.24. The molecular weight excluding hydrogens is 336 g/mol. The Morgan fingerprint density at radius 3 is 2.65 bits per heavy atom. The van der Waals surface area contributed by atoms with Crippen LogP contribution in [0.15, 0.2) is 39.6 Å². The van der Waals surface area contributed by atoms with Crippen molar-refractivity contribution in [2.75, 3.05) is 6.61 Å². The number of carbonyl (C=O) groups is 1. The lowest BCUT2D eigenvalue weighted by Gasteiger charge is -2.16. The van der Waals surface area contributed by atoms with Crippen LogP contribution in [-0.2, 0) is 4.79 Å². The van der Waals surface area contributed by atoms with Crippen LogP contribution in [0, 0.1) is 0 Å². The Kier molecular flexibility index (Phi) is 6.83. The Labute approximate surface area is 152 Å². The predicted molar refractivity (Wildman–Crippen MR) is 99.1 cm³/mol. The molecule has 0 saturated carbocycles. The van der Waals surface area contributed by atoms with Crippen LogP contribution >= 0.6 is 0 Å². The molecule has 0 spiro atoms. The van der Waals surface area contributed by atoms with Crippen LogP contribution in [-0.4, -0.2) is 18.7 Å². The van der Waals surface area contributed by atoms with Gasteiger partial charge in [-0.05, 0) is 38.8 Å². The minimum absolute atomic E-state index is 0.0926. The summed E-state index contributed by atoms with van der Waals surface area (Å²) in [4.78, 5) is 23.7. The molecule has 6 nitrogen and oxygen atoms in total. The maximum absolute atomic E-state index is 12.3. The first kappa shape index (κ1) is 19.6. The Hall–Kier alpha value is -2.76. The van der Waals surface area contributed by atoms with Crippen LogP contribution in [0.25, 0.3) is 11.0 Å². The van der Waals surface area contributed by atoms with Gasteiger partial charge in [-0.1, -0.05) is 25.1 Å². The van der Waals surface area contributed by atoms with E-state index in [1.807, 2.05) is 32.9 Å². The smallest absolute Gasteiger partial charge is 0.383 e. The quantitative estimate of drug-likeness (QED) is 0.303. The maximum atomic E-state index is 12.3. The van der Waals surface area contributed by atoms with Gasteiger partial charge in [0.15, 0.2) is 5.75 Å². The SMILES string of the molecule is CC/C=C/CCOc1c(OC(C)=O)c(=O)oc2cccc(OC(C)C)c12. The molecule has 0 aliphatic carbocycles. The summed E-state index contributed by atoms with van der Waals surface area (Å²) in [6, 6.07) is 5.12. The van der Waals surface area contributed by atoms with E-state index >= 15 is 0 Å². The van der Waals surface area contributed by atoms with Crippen molar-refractivity contribution in [3.63, 3.8) is 0 Å². The Morgan fingerprint density at radius 2 is 2.00 bits per heavy atom. The largest absolute Gasteiger partial charge is 0.490 e. The fraction of sp³-hybridized carbons (Fsp3) is 0.400. The standard InChI is InChI=1S/C20H24O6/c1-5-6-7-8-12-23-18-17-15(24-13(2)3)10-9-11-16(17)26-20(22)19(18)25-14(4)21/h6-7,9-11,13H,5,8,12H2,1-4H3/b7-6+. The lowest BCUT2D eigenvalue weighted by atomic mass is 10.2. The third-order valence-electron chi connectivity index (χ3n) is 3.35. The first-order chi connectivity index (χ1) is 12.4. The van der Waals surface area contributed by atoms with Gasteiger partial charge in [0.25, 0.3) is 5.75 Å². The fourth-order valence-electron chi connectivity index (χ4n) is 2.41. The molecule has 0 bridgehead atoms. The molecule has 0 radical (unpaired) electrons. The van der Waals surface area contributed by atoms with Crippen LogP contribution < -0.4 is 19.8 Å². The Balaban J connectivity index is 2.57. The summed E-state index contributed by atoms with van der Waals surface area (Å²) in [5, 5.41) is 0.469. The molecule has 1 aromatic carbocycles. The van der Waals surface area contributed by atoms with Gasteiger partial charge in [0.1, 0.15) is 16.7 Å². The number of carbonyl (C=O) groups excluding carboxylic acids is 1. The normalized spacial score (nSPS) is 11.3. The molecule has 1 aromatic heterocycles. The Bertz CT molecular complexity index is 847. The van der Waals surface area contributed by atoms with Crippen LogP contribution in [0.1, 0.15) is 40.5 Å². The topological polar surface area (TPSA) is 75.0 Å². The highest BCUT2D eigenvalue weighted by molar-refractivity contribution is 5.92. The van der Waals surface area contributed by atoms with Crippen molar-refractivity contribution in [2.24, 2.45) is 0 Å². The van der Waals surface area contributed by atoms with E-state index in [9.17, 15) is 9.59 Å².